The van der Waals surface area contributed by atoms with Gasteiger partial charge in [0.15, 0.2) is 0 Å². The Bertz CT molecular complexity index is 184. The van der Waals surface area contributed by atoms with Gasteiger partial charge >= 0.3 is 0 Å². The van der Waals surface area contributed by atoms with Crippen LogP contribution in [0.3, 0.4) is 0 Å². The van der Waals surface area contributed by atoms with Gasteiger partial charge in [-0.2, -0.15) is 0 Å². The van der Waals surface area contributed by atoms with Crippen LogP contribution in [0.5, 0.6) is 0 Å². The molecule has 0 amide bonds. The second-order valence-electron chi connectivity index (χ2n) is 12.3. The van der Waals surface area contributed by atoms with Crippen LogP contribution in [0, 0.1) is 0 Å². The fraction of sp³-hybridized carbons (Fsp3) is 1.00. The van der Waals surface area contributed by atoms with Crippen LogP contribution in [0.15, 0.2) is 0 Å². The standard InChI is InChI=1S/8C4H8.C4H10/c8*1-2-4-3-1;1-3-4-2/h8*1-4H2;3-4H2,1-2H3. The molecule has 0 aliphatic heterocycles. The minimum atomic E-state index is 1.32. The lowest BCUT2D eigenvalue weighted by atomic mass is 10.0. The molecule has 0 radical (unpaired) electrons. The van der Waals surface area contributed by atoms with Gasteiger partial charge in [0.25, 0.3) is 0 Å². The van der Waals surface area contributed by atoms with Crippen molar-refractivity contribution in [3.63, 3.8) is 0 Å². The molecule has 0 aromatic carbocycles. The highest BCUT2D eigenvalue weighted by Crippen LogP contribution is 2.17. The molecule has 0 bridgehead atoms. The molecule has 0 aromatic rings. The lowest BCUT2D eigenvalue weighted by Gasteiger charge is -2.05. The highest BCUT2D eigenvalue weighted by molar-refractivity contribution is 4.53. The van der Waals surface area contributed by atoms with Gasteiger partial charge in [0.05, 0.1) is 0 Å². The molecule has 8 aliphatic rings. The first-order valence-electron chi connectivity index (χ1n) is 17.9. The summed E-state index contributed by atoms with van der Waals surface area (Å²) >= 11 is 0. The molecule has 218 valence electrons. The van der Waals surface area contributed by atoms with Gasteiger partial charge in [0, 0.05) is 0 Å². The van der Waals surface area contributed by atoms with Crippen LogP contribution < -0.4 is 0 Å². The molecule has 0 heteroatoms. The van der Waals surface area contributed by atoms with Crippen LogP contribution in [0.2, 0.25) is 0 Å². The smallest absolute Gasteiger partial charge is 0.0533 e. The van der Waals surface area contributed by atoms with Crippen molar-refractivity contribution < 1.29 is 0 Å². The second-order valence-corrected chi connectivity index (χ2v) is 12.3. The average Bonchev–Trinajstić information content (AvgIpc) is 2.40. The van der Waals surface area contributed by atoms with Gasteiger partial charge in [0.1, 0.15) is 0 Å². The fourth-order valence-electron chi connectivity index (χ4n) is 2.00. The van der Waals surface area contributed by atoms with E-state index >= 15 is 0 Å². The second kappa shape index (κ2) is 35.0. The third-order valence-electron chi connectivity index (χ3n) is 8.50. The van der Waals surface area contributed by atoms with Crippen molar-refractivity contribution in [2.45, 2.75) is 232 Å². The Morgan fingerprint density at radius 3 is 0.222 bits per heavy atom. The van der Waals surface area contributed by atoms with Gasteiger partial charge in [-0.05, 0) is 0 Å². The topological polar surface area (TPSA) is 0 Å². The maximum Gasteiger partial charge on any atom is -0.0533 e. The summed E-state index contributed by atoms with van der Waals surface area (Å²) in [5.74, 6) is 0. The number of hydrogen-bond acceptors (Lipinski definition) is 0. The summed E-state index contributed by atoms with van der Waals surface area (Å²) in [6, 6.07) is 0. The molecule has 0 aromatic heterocycles. The highest BCUT2D eigenvalue weighted by atomic mass is 14.0. The van der Waals surface area contributed by atoms with Gasteiger partial charge < -0.3 is 0 Å². The zero-order valence-corrected chi connectivity index (χ0v) is 26.0. The Hall–Kier alpha value is 0. The summed E-state index contributed by atoms with van der Waals surface area (Å²) in [5, 5.41) is 0. The number of unbranched alkanes of at least 4 members (excludes halogenated alkanes) is 1. The quantitative estimate of drug-likeness (QED) is 0.331. The first-order valence-corrected chi connectivity index (χ1v) is 17.9. The predicted molar refractivity (Wildman–Crippen MR) is 168 cm³/mol. The molecule has 8 fully saturated rings. The van der Waals surface area contributed by atoms with E-state index in [0.29, 0.717) is 0 Å². The monoisotopic (exact) mass is 507 g/mol. The maximum atomic E-state index is 2.18. The molecule has 0 unspecified atom stereocenters. The van der Waals surface area contributed by atoms with Crippen molar-refractivity contribution in [2.24, 2.45) is 0 Å². The summed E-state index contributed by atoms with van der Waals surface area (Å²) in [4.78, 5) is 0. The van der Waals surface area contributed by atoms with Gasteiger partial charge in [0.2, 0.25) is 0 Å². The number of hydrogen-bond donors (Lipinski definition) is 0. The molecule has 0 saturated heterocycles. The van der Waals surface area contributed by atoms with Crippen molar-refractivity contribution in [3.8, 4) is 0 Å². The zero-order valence-electron chi connectivity index (χ0n) is 26.0. The Labute approximate surface area is 232 Å². The molecule has 8 saturated carbocycles. The van der Waals surface area contributed by atoms with Crippen molar-refractivity contribution in [3.05, 3.63) is 0 Å². The van der Waals surface area contributed by atoms with Gasteiger partial charge in [-0.25, -0.2) is 0 Å². The van der Waals surface area contributed by atoms with E-state index in [9.17, 15) is 0 Å². The molecule has 0 spiro atoms. The van der Waals surface area contributed by atoms with Crippen LogP contribution in [-0.4, -0.2) is 0 Å². The molecular weight excluding hydrogens is 432 g/mol. The Morgan fingerprint density at radius 1 is 0.167 bits per heavy atom. The molecule has 36 heavy (non-hydrogen) atoms. The molecular formula is C36H74. The molecule has 0 N–H and O–H groups in total. The first kappa shape index (κ1) is 36.0. The van der Waals surface area contributed by atoms with Crippen LogP contribution in [0.1, 0.15) is 232 Å². The first-order chi connectivity index (χ1) is 17.9. The van der Waals surface area contributed by atoms with E-state index in [-0.39, 0.29) is 0 Å². The van der Waals surface area contributed by atoms with Crippen LogP contribution in [-0.2, 0) is 0 Å². The van der Waals surface area contributed by atoms with Crippen LogP contribution in [0.25, 0.3) is 0 Å². The third-order valence-corrected chi connectivity index (χ3v) is 8.50. The Balaban J connectivity index is 0.000000383. The summed E-state index contributed by atoms with van der Waals surface area (Å²) in [6.07, 6.45) is 50.6. The molecule has 8 rings (SSSR count). The molecule has 8 aliphatic carbocycles. The summed E-state index contributed by atoms with van der Waals surface area (Å²) in [5.41, 5.74) is 0. The van der Waals surface area contributed by atoms with Gasteiger partial charge in [-0.3, -0.25) is 0 Å². The largest absolute Gasteiger partial charge is 0.0654 e. The van der Waals surface area contributed by atoms with Gasteiger partial charge in [-0.15, -0.1) is 0 Å². The van der Waals surface area contributed by atoms with Crippen LogP contribution in [0.4, 0.5) is 0 Å². The van der Waals surface area contributed by atoms with E-state index in [1.807, 2.05) is 0 Å². The van der Waals surface area contributed by atoms with Gasteiger partial charge in [-0.1, -0.05) is 232 Å². The maximum absolute atomic E-state index is 2.18. The van der Waals surface area contributed by atoms with E-state index in [1.165, 1.54) is 218 Å². The predicted octanol–water partition coefficient (Wildman–Crippen LogP) is 14.3. The SMILES string of the molecule is C1CCC1.C1CCC1.C1CCC1.C1CCC1.C1CCC1.C1CCC1.C1CCC1.C1CCC1.CCCC. The molecule has 0 heterocycles. The van der Waals surface area contributed by atoms with Crippen molar-refractivity contribution >= 4 is 0 Å². The number of rotatable bonds is 1. The third kappa shape index (κ3) is 34.0. The zero-order chi connectivity index (χ0) is 26.0. The van der Waals surface area contributed by atoms with Crippen molar-refractivity contribution in [2.75, 3.05) is 0 Å². The van der Waals surface area contributed by atoms with E-state index < -0.39 is 0 Å². The molecule has 0 nitrogen and oxygen atoms in total. The Morgan fingerprint density at radius 2 is 0.222 bits per heavy atom. The highest BCUT2D eigenvalue weighted by Gasteiger charge is 1.98. The van der Waals surface area contributed by atoms with E-state index in [1.54, 1.807) is 0 Å². The fourth-order valence-corrected chi connectivity index (χ4v) is 2.00. The van der Waals surface area contributed by atoms with Crippen LogP contribution >= 0.6 is 0 Å². The Kier molecular flexibility index (Phi) is 35.0. The summed E-state index contributed by atoms with van der Waals surface area (Å²) in [7, 11) is 0. The summed E-state index contributed by atoms with van der Waals surface area (Å²) < 4.78 is 0. The lowest BCUT2D eigenvalue weighted by Crippen LogP contribution is -1.85. The molecule has 0 atom stereocenters. The van der Waals surface area contributed by atoms with E-state index in [4.69, 9.17) is 0 Å². The summed E-state index contributed by atoms with van der Waals surface area (Å²) in [6.45, 7) is 4.36. The van der Waals surface area contributed by atoms with E-state index in [2.05, 4.69) is 13.8 Å². The lowest BCUT2D eigenvalue weighted by molar-refractivity contribution is 0.504. The van der Waals surface area contributed by atoms with Crippen molar-refractivity contribution in [1.29, 1.82) is 0 Å². The van der Waals surface area contributed by atoms with E-state index in [0.717, 1.165) is 0 Å². The van der Waals surface area contributed by atoms with Crippen molar-refractivity contribution in [1.82, 2.24) is 0 Å². The average molecular weight is 507 g/mol. The minimum absolute atomic E-state index is 1.32. The normalized spacial score (nSPS) is 22.2. The minimum Gasteiger partial charge on any atom is -0.0654 e.